The van der Waals surface area contributed by atoms with Crippen LogP contribution in [0.4, 0.5) is 0 Å². The fourth-order valence-corrected chi connectivity index (χ4v) is 0.785. The SMILES string of the molecule is [2H]C1([2H])C(C)CCN(CO)C1([2H])[2H]. The van der Waals surface area contributed by atoms with Crippen LogP contribution in [0, 0.1) is 5.92 Å². The molecule has 0 bridgehead atoms. The quantitative estimate of drug-likeness (QED) is 0.568. The highest BCUT2D eigenvalue weighted by atomic mass is 16.3. The molecule has 1 fully saturated rings. The molecular formula is C7H15NO. The second-order valence-corrected chi connectivity index (χ2v) is 2.35. The van der Waals surface area contributed by atoms with Gasteiger partial charge in [-0.2, -0.15) is 0 Å². The monoisotopic (exact) mass is 133 g/mol. The van der Waals surface area contributed by atoms with Crippen molar-refractivity contribution in [1.82, 2.24) is 4.90 Å². The Morgan fingerprint density at radius 1 is 1.89 bits per heavy atom. The first kappa shape index (κ1) is 3.35. The highest BCUT2D eigenvalue weighted by molar-refractivity contribution is 4.66. The molecule has 0 aromatic rings. The molecular weight excluding hydrogens is 114 g/mol. The number of hydrogen-bond acceptors (Lipinski definition) is 2. The van der Waals surface area contributed by atoms with E-state index in [1.54, 1.807) is 6.92 Å². The molecule has 54 valence electrons. The summed E-state index contributed by atoms with van der Waals surface area (Å²) in [5.41, 5.74) is 0. The first-order chi connectivity index (χ1) is 5.84. The Morgan fingerprint density at radius 2 is 2.67 bits per heavy atom. The lowest BCUT2D eigenvalue weighted by Gasteiger charge is -2.27. The van der Waals surface area contributed by atoms with Crippen LogP contribution in [0.25, 0.3) is 0 Å². The first-order valence-corrected chi connectivity index (χ1v) is 3.20. The summed E-state index contributed by atoms with van der Waals surface area (Å²) in [4.78, 5) is 1.13. The zero-order chi connectivity index (χ0) is 10.3. The lowest BCUT2D eigenvalue weighted by molar-refractivity contribution is 0.0762. The number of rotatable bonds is 1. The molecule has 1 unspecified atom stereocenters. The van der Waals surface area contributed by atoms with E-state index in [4.69, 9.17) is 10.6 Å². The van der Waals surface area contributed by atoms with Gasteiger partial charge in [0.1, 0.15) is 0 Å². The summed E-state index contributed by atoms with van der Waals surface area (Å²) in [6.07, 6.45) is -1.32. The predicted octanol–water partition coefficient (Wildman–Crippen LogP) is 0.668. The smallest absolute Gasteiger partial charge is 0.0956 e. The summed E-state index contributed by atoms with van der Waals surface area (Å²) < 4.78 is 30.4. The lowest BCUT2D eigenvalue weighted by atomic mass is 10.00. The third kappa shape index (κ3) is 1.95. The zero-order valence-electron chi connectivity index (χ0n) is 9.59. The Kier molecular flexibility index (Phi) is 1.18. The molecule has 2 heteroatoms. The first-order valence-electron chi connectivity index (χ1n) is 5.20. The maximum atomic E-state index is 8.86. The van der Waals surface area contributed by atoms with E-state index in [-0.39, 0.29) is 5.92 Å². The van der Waals surface area contributed by atoms with E-state index >= 15 is 0 Å². The van der Waals surface area contributed by atoms with Crippen molar-refractivity contribution in [3.8, 4) is 0 Å². The molecule has 1 heterocycles. The van der Waals surface area contributed by atoms with Gasteiger partial charge in [0.05, 0.1) is 6.73 Å². The van der Waals surface area contributed by atoms with Crippen molar-refractivity contribution in [2.45, 2.75) is 19.7 Å². The van der Waals surface area contributed by atoms with Gasteiger partial charge in [0.2, 0.25) is 0 Å². The van der Waals surface area contributed by atoms with Gasteiger partial charge in [0.25, 0.3) is 0 Å². The molecule has 1 aliphatic heterocycles. The minimum Gasteiger partial charge on any atom is -0.381 e. The average molecular weight is 133 g/mol. The van der Waals surface area contributed by atoms with Crippen LogP contribution in [-0.2, 0) is 0 Å². The normalized spacial score (nSPS) is 48.4. The van der Waals surface area contributed by atoms with E-state index in [1.807, 2.05) is 0 Å². The fourth-order valence-electron chi connectivity index (χ4n) is 0.785. The van der Waals surface area contributed by atoms with Crippen molar-refractivity contribution in [2.75, 3.05) is 19.8 Å². The van der Waals surface area contributed by atoms with Gasteiger partial charge in [0.15, 0.2) is 0 Å². The third-order valence-electron chi connectivity index (χ3n) is 1.47. The minimum absolute atomic E-state index is 0.315. The molecule has 0 aliphatic carbocycles. The third-order valence-corrected chi connectivity index (χ3v) is 1.47. The molecule has 1 atom stereocenters. The molecule has 0 spiro atoms. The van der Waals surface area contributed by atoms with E-state index < -0.39 is 19.6 Å². The second-order valence-electron chi connectivity index (χ2n) is 2.35. The maximum Gasteiger partial charge on any atom is 0.0956 e. The zero-order valence-corrected chi connectivity index (χ0v) is 5.59. The number of likely N-dealkylation sites (tertiary alicyclic amines) is 1. The average Bonchev–Trinajstić information content (AvgIpc) is 2.02. The summed E-state index contributed by atoms with van der Waals surface area (Å²) in [5.74, 6) is -0.315. The van der Waals surface area contributed by atoms with E-state index in [1.165, 1.54) is 0 Å². The number of piperidine rings is 1. The van der Waals surface area contributed by atoms with Crippen molar-refractivity contribution in [3.05, 3.63) is 0 Å². The molecule has 0 amide bonds. The Hall–Kier alpha value is -0.0800. The molecule has 1 saturated heterocycles. The Bertz CT molecular complexity index is 197. The van der Waals surface area contributed by atoms with Gasteiger partial charge in [-0.25, -0.2) is 0 Å². The Labute approximate surface area is 62.1 Å². The molecule has 0 aromatic carbocycles. The number of aliphatic hydroxyl groups excluding tert-OH is 1. The van der Waals surface area contributed by atoms with E-state index in [9.17, 15) is 0 Å². The Balaban J connectivity index is 2.92. The maximum absolute atomic E-state index is 8.86. The van der Waals surface area contributed by atoms with Crippen LogP contribution in [-0.4, -0.2) is 29.8 Å². The van der Waals surface area contributed by atoms with E-state index in [0.29, 0.717) is 13.0 Å². The van der Waals surface area contributed by atoms with Crippen molar-refractivity contribution < 1.29 is 10.6 Å². The van der Waals surface area contributed by atoms with E-state index in [2.05, 4.69) is 0 Å². The van der Waals surface area contributed by atoms with Gasteiger partial charge < -0.3 is 5.11 Å². The van der Waals surface area contributed by atoms with Gasteiger partial charge in [-0.1, -0.05) is 6.92 Å². The standard InChI is InChI=1S/C7H15NO/c1-7-2-4-8(6-9)5-3-7/h7,9H,2-6H2,1H3/i2D2,4D2. The highest BCUT2D eigenvalue weighted by Crippen LogP contribution is 2.14. The summed E-state index contributed by atoms with van der Waals surface area (Å²) in [6.45, 7) is -0.393. The van der Waals surface area contributed by atoms with Gasteiger partial charge in [-0.05, 0) is 18.7 Å². The van der Waals surface area contributed by atoms with Gasteiger partial charge in [-0.15, -0.1) is 0 Å². The van der Waals surface area contributed by atoms with Crippen LogP contribution < -0.4 is 0 Å². The highest BCUT2D eigenvalue weighted by Gasteiger charge is 2.13. The van der Waals surface area contributed by atoms with Crippen LogP contribution in [0.15, 0.2) is 0 Å². The molecule has 0 radical (unpaired) electrons. The largest absolute Gasteiger partial charge is 0.381 e. The minimum atomic E-state index is -2.07. The van der Waals surface area contributed by atoms with Crippen molar-refractivity contribution in [2.24, 2.45) is 5.92 Å². The van der Waals surface area contributed by atoms with Gasteiger partial charge >= 0.3 is 0 Å². The van der Waals surface area contributed by atoms with Crippen LogP contribution in [0.2, 0.25) is 0 Å². The molecule has 0 saturated carbocycles. The summed E-state index contributed by atoms with van der Waals surface area (Å²) in [6, 6.07) is 0. The lowest BCUT2D eigenvalue weighted by Crippen LogP contribution is -2.33. The summed E-state index contributed by atoms with van der Waals surface area (Å²) >= 11 is 0. The van der Waals surface area contributed by atoms with Gasteiger partial charge in [-0.3, -0.25) is 4.90 Å². The van der Waals surface area contributed by atoms with Crippen molar-refractivity contribution >= 4 is 0 Å². The molecule has 1 rings (SSSR count). The van der Waals surface area contributed by atoms with Crippen LogP contribution >= 0.6 is 0 Å². The second kappa shape index (κ2) is 3.18. The number of aliphatic hydroxyl groups is 1. The van der Waals surface area contributed by atoms with Crippen molar-refractivity contribution in [3.63, 3.8) is 0 Å². The molecule has 2 nitrogen and oxygen atoms in total. The summed E-state index contributed by atoms with van der Waals surface area (Å²) in [5, 5.41) is 8.86. The number of nitrogens with zero attached hydrogens (tertiary/aromatic N) is 1. The van der Waals surface area contributed by atoms with E-state index in [0.717, 1.165) is 4.90 Å². The van der Waals surface area contributed by atoms with Crippen LogP contribution in [0.1, 0.15) is 25.2 Å². The topological polar surface area (TPSA) is 23.5 Å². The van der Waals surface area contributed by atoms with Crippen LogP contribution in [0.3, 0.4) is 0 Å². The predicted molar refractivity (Wildman–Crippen MR) is 37.1 cm³/mol. The molecule has 0 aromatic heterocycles. The van der Waals surface area contributed by atoms with Crippen LogP contribution in [0.5, 0.6) is 0 Å². The molecule has 9 heavy (non-hydrogen) atoms. The molecule has 1 aliphatic rings. The number of hydrogen-bond donors (Lipinski definition) is 1. The molecule has 1 N–H and O–H groups in total. The van der Waals surface area contributed by atoms with Gasteiger partial charge in [0, 0.05) is 18.5 Å². The fraction of sp³-hybridized carbons (Fsp3) is 1.00. The Morgan fingerprint density at radius 3 is 3.33 bits per heavy atom. The summed E-state index contributed by atoms with van der Waals surface area (Å²) in [7, 11) is 0. The van der Waals surface area contributed by atoms with Crippen molar-refractivity contribution in [1.29, 1.82) is 0 Å².